The first-order chi connectivity index (χ1) is 6.04. The van der Waals surface area contributed by atoms with Crippen LogP contribution in [0.15, 0.2) is 18.2 Å². The summed E-state index contributed by atoms with van der Waals surface area (Å²) in [6.07, 6.45) is 0. The van der Waals surface area contributed by atoms with Gasteiger partial charge in [0.2, 0.25) is 0 Å². The van der Waals surface area contributed by atoms with Crippen LogP contribution in [0, 0.1) is 11.6 Å². The molecule has 1 aromatic carbocycles. The lowest BCUT2D eigenvalue weighted by molar-refractivity contribution is -0.443. The maximum atomic E-state index is 12.9. The van der Waals surface area contributed by atoms with Gasteiger partial charge in [-0.15, -0.1) is 0 Å². The highest BCUT2D eigenvalue weighted by Gasteiger charge is 2.20. The lowest BCUT2D eigenvalue weighted by atomic mass is 10.1. The zero-order chi connectivity index (χ0) is 10.0. The van der Waals surface area contributed by atoms with Crippen LogP contribution >= 0.6 is 0 Å². The Morgan fingerprint density at radius 3 is 2.23 bits per heavy atom. The third-order valence-electron chi connectivity index (χ3n) is 1.63. The van der Waals surface area contributed by atoms with Gasteiger partial charge in [0, 0.05) is 0 Å². The fraction of sp³-hybridized carbons (Fsp3) is 0.125. The van der Waals surface area contributed by atoms with Gasteiger partial charge >= 0.3 is 0 Å². The number of carbonyl (C=O) groups excluding carboxylic acids is 1. The zero-order valence-corrected chi connectivity index (χ0v) is 6.59. The number of rotatable bonds is 2. The Morgan fingerprint density at radius 2 is 1.85 bits per heavy atom. The monoisotopic (exact) mass is 187 g/mol. The van der Waals surface area contributed by atoms with E-state index in [-0.39, 0.29) is 0 Å². The normalized spacial score (nSPS) is 12.5. The molecule has 0 aliphatic heterocycles. The summed E-state index contributed by atoms with van der Waals surface area (Å²) in [6.45, 7) is 0. The average molecular weight is 187 g/mol. The number of carboxylic acid groups (broad SMARTS) is 1. The molecule has 0 saturated carbocycles. The third-order valence-corrected chi connectivity index (χ3v) is 1.63. The SMILES string of the molecule is [NH3+][C@@H](C(=O)[O-])c1c(F)cccc1F. The average Bonchev–Trinajstić information content (AvgIpc) is 2.03. The highest BCUT2D eigenvalue weighted by molar-refractivity contribution is 5.71. The van der Waals surface area contributed by atoms with E-state index in [0.29, 0.717) is 0 Å². The molecule has 0 fully saturated rings. The molecule has 1 rings (SSSR count). The molecule has 0 spiro atoms. The maximum absolute atomic E-state index is 12.9. The molecule has 1 aromatic rings. The summed E-state index contributed by atoms with van der Waals surface area (Å²) in [5.41, 5.74) is 2.52. The van der Waals surface area contributed by atoms with E-state index in [2.05, 4.69) is 5.73 Å². The number of carboxylic acids is 1. The van der Waals surface area contributed by atoms with Crippen LogP contribution in [0.5, 0.6) is 0 Å². The van der Waals surface area contributed by atoms with Crippen LogP contribution in [-0.2, 0) is 4.79 Å². The van der Waals surface area contributed by atoms with Crippen molar-refractivity contribution in [2.45, 2.75) is 6.04 Å². The molecule has 3 nitrogen and oxygen atoms in total. The second-order valence-corrected chi connectivity index (χ2v) is 2.51. The Hall–Kier alpha value is -1.49. The Balaban J connectivity index is 3.20. The summed E-state index contributed by atoms with van der Waals surface area (Å²) >= 11 is 0. The highest BCUT2D eigenvalue weighted by Crippen LogP contribution is 2.16. The van der Waals surface area contributed by atoms with E-state index >= 15 is 0 Å². The van der Waals surface area contributed by atoms with Crippen molar-refractivity contribution in [2.24, 2.45) is 0 Å². The summed E-state index contributed by atoms with van der Waals surface area (Å²) in [4.78, 5) is 10.3. The molecule has 70 valence electrons. The second kappa shape index (κ2) is 3.49. The van der Waals surface area contributed by atoms with Gasteiger partial charge in [0.05, 0.1) is 5.56 Å². The smallest absolute Gasteiger partial charge is 0.156 e. The molecular formula is C8H7F2NO2. The van der Waals surface area contributed by atoms with Crippen LogP contribution < -0.4 is 10.8 Å². The molecule has 0 radical (unpaired) electrons. The molecule has 0 amide bonds. The molecule has 0 aromatic heterocycles. The molecule has 0 saturated heterocycles. The number of quaternary nitrogens is 1. The lowest BCUT2D eigenvalue weighted by Crippen LogP contribution is -2.61. The quantitative estimate of drug-likeness (QED) is 0.645. The van der Waals surface area contributed by atoms with Crippen LogP contribution in [0.25, 0.3) is 0 Å². The molecule has 0 aliphatic carbocycles. The number of halogens is 2. The second-order valence-electron chi connectivity index (χ2n) is 2.51. The van der Waals surface area contributed by atoms with Gasteiger partial charge in [-0.1, -0.05) is 6.07 Å². The van der Waals surface area contributed by atoms with Crippen LogP contribution in [0.1, 0.15) is 11.6 Å². The molecule has 13 heavy (non-hydrogen) atoms. The Morgan fingerprint density at radius 1 is 1.38 bits per heavy atom. The van der Waals surface area contributed by atoms with Gasteiger partial charge in [0.25, 0.3) is 0 Å². The van der Waals surface area contributed by atoms with Crippen molar-refractivity contribution in [3.8, 4) is 0 Å². The van der Waals surface area contributed by atoms with E-state index in [1.807, 2.05) is 0 Å². The zero-order valence-electron chi connectivity index (χ0n) is 6.59. The lowest BCUT2D eigenvalue weighted by Gasteiger charge is -2.10. The summed E-state index contributed by atoms with van der Waals surface area (Å²) in [7, 11) is 0. The van der Waals surface area contributed by atoms with Crippen LogP contribution in [-0.4, -0.2) is 5.97 Å². The van der Waals surface area contributed by atoms with E-state index in [4.69, 9.17) is 0 Å². The number of hydrogen-bond acceptors (Lipinski definition) is 2. The molecule has 0 aliphatic rings. The first kappa shape index (κ1) is 9.60. The molecule has 0 unspecified atom stereocenters. The van der Waals surface area contributed by atoms with E-state index in [1.54, 1.807) is 0 Å². The largest absolute Gasteiger partial charge is 0.544 e. The van der Waals surface area contributed by atoms with Gasteiger partial charge in [-0.2, -0.15) is 0 Å². The van der Waals surface area contributed by atoms with Gasteiger partial charge < -0.3 is 15.6 Å². The number of carbonyl (C=O) groups is 1. The Kier molecular flexibility index (Phi) is 2.57. The molecule has 5 heteroatoms. The minimum absolute atomic E-state index is 0.567. The van der Waals surface area contributed by atoms with E-state index in [0.717, 1.165) is 18.2 Å². The van der Waals surface area contributed by atoms with Gasteiger partial charge in [-0.3, -0.25) is 0 Å². The number of benzene rings is 1. The maximum Gasteiger partial charge on any atom is 0.156 e. The van der Waals surface area contributed by atoms with Crippen molar-refractivity contribution in [3.63, 3.8) is 0 Å². The van der Waals surface area contributed by atoms with Crippen molar-refractivity contribution in [1.29, 1.82) is 0 Å². The molecule has 0 heterocycles. The Labute approximate surface area is 72.8 Å². The first-order valence-electron chi connectivity index (χ1n) is 3.52. The first-order valence-corrected chi connectivity index (χ1v) is 3.52. The third kappa shape index (κ3) is 1.81. The van der Waals surface area contributed by atoms with Crippen molar-refractivity contribution >= 4 is 5.97 Å². The van der Waals surface area contributed by atoms with Crippen molar-refractivity contribution in [3.05, 3.63) is 35.4 Å². The van der Waals surface area contributed by atoms with Gasteiger partial charge in [-0.25, -0.2) is 8.78 Å². The topological polar surface area (TPSA) is 67.8 Å². The van der Waals surface area contributed by atoms with Crippen LogP contribution in [0.3, 0.4) is 0 Å². The predicted octanol–water partition coefficient (Wildman–Crippen LogP) is -1.00. The minimum Gasteiger partial charge on any atom is -0.544 e. The van der Waals surface area contributed by atoms with Crippen LogP contribution in [0.4, 0.5) is 8.78 Å². The summed E-state index contributed by atoms with van der Waals surface area (Å²) in [6, 6.07) is 1.57. The summed E-state index contributed by atoms with van der Waals surface area (Å²) in [5, 5.41) is 10.3. The van der Waals surface area contributed by atoms with Gasteiger partial charge in [0.1, 0.15) is 17.6 Å². The van der Waals surface area contributed by atoms with Crippen molar-refractivity contribution < 1.29 is 24.4 Å². The molecule has 3 N–H and O–H groups in total. The fourth-order valence-electron chi connectivity index (χ4n) is 0.961. The predicted molar refractivity (Wildman–Crippen MR) is 37.0 cm³/mol. The fourth-order valence-corrected chi connectivity index (χ4v) is 0.961. The van der Waals surface area contributed by atoms with E-state index < -0.39 is 29.2 Å². The molecular weight excluding hydrogens is 180 g/mol. The standard InChI is InChI=1S/C8H7F2NO2/c9-4-2-1-3-5(10)6(4)7(11)8(12)13/h1-3,7H,11H2,(H,12,13)/t7-/m1/s1. The Bertz CT molecular complexity index is 321. The van der Waals surface area contributed by atoms with Gasteiger partial charge in [-0.05, 0) is 12.1 Å². The summed E-state index contributed by atoms with van der Waals surface area (Å²) < 4.78 is 25.8. The van der Waals surface area contributed by atoms with Gasteiger partial charge in [0.15, 0.2) is 6.04 Å². The van der Waals surface area contributed by atoms with E-state index in [9.17, 15) is 18.7 Å². The minimum atomic E-state index is -1.61. The molecule has 1 atom stereocenters. The number of hydrogen-bond donors (Lipinski definition) is 1. The van der Waals surface area contributed by atoms with Crippen molar-refractivity contribution in [2.75, 3.05) is 0 Å². The molecule has 0 bridgehead atoms. The summed E-state index contributed by atoms with van der Waals surface area (Å²) in [5.74, 6) is -3.46. The highest BCUT2D eigenvalue weighted by atomic mass is 19.1. The van der Waals surface area contributed by atoms with Crippen LogP contribution in [0.2, 0.25) is 0 Å². The van der Waals surface area contributed by atoms with Crippen molar-refractivity contribution in [1.82, 2.24) is 0 Å². The van der Waals surface area contributed by atoms with E-state index in [1.165, 1.54) is 0 Å². The number of aliphatic carboxylic acids is 1.